The molecule has 0 spiro atoms. The van der Waals surface area contributed by atoms with Crippen molar-refractivity contribution in [2.75, 3.05) is 24.3 Å². The number of carbonyl (C=O) groups is 2. The van der Waals surface area contributed by atoms with Gasteiger partial charge in [-0.25, -0.2) is 4.68 Å². The molecule has 0 aliphatic carbocycles. The van der Waals surface area contributed by atoms with E-state index in [2.05, 4.69) is 29.5 Å². The number of aryl methyl sites for hydroxylation is 1. The van der Waals surface area contributed by atoms with Crippen LogP contribution in [0.25, 0.3) is 11.0 Å². The van der Waals surface area contributed by atoms with Crippen molar-refractivity contribution in [2.24, 2.45) is 0 Å². The van der Waals surface area contributed by atoms with E-state index in [-0.39, 0.29) is 24.9 Å². The average Bonchev–Trinajstić information content (AvgIpc) is 3.41. The van der Waals surface area contributed by atoms with Crippen LogP contribution in [0.1, 0.15) is 48.1 Å². The van der Waals surface area contributed by atoms with E-state index in [4.69, 9.17) is 0 Å². The SMILES string of the molecule is Cc1ccccc1CN(C(=O)Cn1nnc2ccccc21)[C@@H](C(=O)Nc1ccc(N(C)C)cc1)c1ccc(C(C)C)cc1. The van der Waals surface area contributed by atoms with E-state index in [0.29, 0.717) is 17.1 Å². The fourth-order valence-corrected chi connectivity index (χ4v) is 5.14. The van der Waals surface area contributed by atoms with Crippen LogP contribution >= 0.6 is 0 Å². The molecular formula is C35H38N6O2. The highest BCUT2D eigenvalue weighted by Crippen LogP contribution is 2.29. The van der Waals surface area contributed by atoms with Crippen LogP contribution in [0.5, 0.6) is 0 Å². The van der Waals surface area contributed by atoms with Crippen LogP contribution in [0.4, 0.5) is 11.4 Å². The average molecular weight is 575 g/mol. The van der Waals surface area contributed by atoms with Crippen molar-refractivity contribution in [3.05, 3.63) is 119 Å². The lowest BCUT2D eigenvalue weighted by molar-refractivity contribution is -0.140. The van der Waals surface area contributed by atoms with Crippen LogP contribution in [0.15, 0.2) is 97.1 Å². The van der Waals surface area contributed by atoms with Gasteiger partial charge in [-0.3, -0.25) is 9.59 Å². The Morgan fingerprint density at radius 1 is 0.837 bits per heavy atom. The first kappa shape index (κ1) is 29.5. The summed E-state index contributed by atoms with van der Waals surface area (Å²) in [6.45, 7) is 6.47. The molecule has 0 fully saturated rings. The van der Waals surface area contributed by atoms with Gasteiger partial charge in [-0.05, 0) is 71.5 Å². The Hall–Kier alpha value is -4.98. The molecule has 1 atom stereocenters. The highest BCUT2D eigenvalue weighted by atomic mass is 16.2. The molecule has 0 bridgehead atoms. The number of carbonyl (C=O) groups excluding carboxylic acids is 2. The van der Waals surface area contributed by atoms with Crippen LogP contribution in [-0.4, -0.2) is 45.8 Å². The van der Waals surface area contributed by atoms with E-state index in [1.54, 1.807) is 9.58 Å². The molecule has 2 amide bonds. The molecule has 220 valence electrons. The molecule has 8 heteroatoms. The largest absolute Gasteiger partial charge is 0.378 e. The molecule has 0 radical (unpaired) electrons. The molecule has 0 aliphatic rings. The normalized spacial score (nSPS) is 11.9. The zero-order valence-electron chi connectivity index (χ0n) is 25.4. The minimum atomic E-state index is -0.892. The van der Waals surface area contributed by atoms with Crippen molar-refractivity contribution in [3.8, 4) is 0 Å². The maximum Gasteiger partial charge on any atom is 0.251 e. The van der Waals surface area contributed by atoms with Gasteiger partial charge in [0.2, 0.25) is 5.91 Å². The minimum Gasteiger partial charge on any atom is -0.378 e. The van der Waals surface area contributed by atoms with Gasteiger partial charge in [0, 0.05) is 32.0 Å². The predicted molar refractivity (Wildman–Crippen MR) is 172 cm³/mol. The number of nitrogens with zero attached hydrogens (tertiary/aromatic N) is 5. The number of anilines is 2. The van der Waals surface area contributed by atoms with Gasteiger partial charge in [0.15, 0.2) is 0 Å². The molecule has 5 rings (SSSR count). The van der Waals surface area contributed by atoms with E-state index in [1.807, 2.05) is 123 Å². The van der Waals surface area contributed by atoms with Crippen molar-refractivity contribution in [3.63, 3.8) is 0 Å². The summed E-state index contributed by atoms with van der Waals surface area (Å²) in [4.78, 5) is 32.2. The number of hydrogen-bond donors (Lipinski definition) is 1. The Labute approximate surface area is 252 Å². The molecule has 0 aliphatic heterocycles. The number of aromatic nitrogens is 3. The molecule has 1 N–H and O–H groups in total. The summed E-state index contributed by atoms with van der Waals surface area (Å²) < 4.78 is 1.60. The van der Waals surface area contributed by atoms with Crippen molar-refractivity contribution in [2.45, 2.75) is 45.8 Å². The van der Waals surface area contributed by atoms with E-state index in [9.17, 15) is 9.59 Å². The maximum absolute atomic E-state index is 14.3. The van der Waals surface area contributed by atoms with Crippen molar-refractivity contribution >= 4 is 34.2 Å². The maximum atomic E-state index is 14.3. The number of nitrogens with one attached hydrogen (secondary N) is 1. The molecule has 43 heavy (non-hydrogen) atoms. The van der Waals surface area contributed by atoms with E-state index in [1.165, 1.54) is 0 Å². The summed E-state index contributed by atoms with van der Waals surface area (Å²) in [5.41, 5.74) is 7.05. The lowest BCUT2D eigenvalue weighted by Gasteiger charge is -2.32. The summed E-state index contributed by atoms with van der Waals surface area (Å²) in [6.07, 6.45) is 0. The molecule has 0 unspecified atom stereocenters. The summed E-state index contributed by atoms with van der Waals surface area (Å²) in [7, 11) is 3.94. The zero-order valence-corrected chi connectivity index (χ0v) is 25.4. The minimum absolute atomic E-state index is 0.0578. The van der Waals surface area contributed by atoms with Gasteiger partial charge in [-0.2, -0.15) is 0 Å². The number of rotatable bonds is 10. The molecule has 0 saturated heterocycles. The Balaban J connectivity index is 1.56. The smallest absolute Gasteiger partial charge is 0.251 e. The highest BCUT2D eigenvalue weighted by molar-refractivity contribution is 5.98. The second-order valence-corrected chi connectivity index (χ2v) is 11.3. The van der Waals surface area contributed by atoms with Gasteiger partial charge in [-0.15, -0.1) is 5.10 Å². The van der Waals surface area contributed by atoms with Gasteiger partial charge in [0.1, 0.15) is 18.1 Å². The first-order valence-electron chi connectivity index (χ1n) is 14.5. The highest BCUT2D eigenvalue weighted by Gasteiger charge is 2.32. The fourth-order valence-electron chi connectivity index (χ4n) is 5.14. The Kier molecular flexibility index (Phi) is 8.85. The fraction of sp³-hybridized carbons (Fsp3) is 0.257. The first-order chi connectivity index (χ1) is 20.7. The van der Waals surface area contributed by atoms with E-state index in [0.717, 1.165) is 33.5 Å². The Bertz CT molecular complexity index is 1710. The van der Waals surface area contributed by atoms with E-state index < -0.39 is 6.04 Å². The van der Waals surface area contributed by atoms with Gasteiger partial charge in [-0.1, -0.05) is 79.7 Å². The predicted octanol–water partition coefficient (Wildman–Crippen LogP) is 6.34. The lowest BCUT2D eigenvalue weighted by Crippen LogP contribution is -2.42. The second kappa shape index (κ2) is 12.9. The standard InChI is InChI=1S/C35H38N6O2/c1-24(2)26-14-16-27(17-15-26)34(35(43)36-29-18-20-30(21-19-29)39(4)5)40(22-28-11-7-6-10-25(28)3)33(42)23-41-32-13-9-8-12-31(32)37-38-41/h6-21,24,34H,22-23H2,1-5H3,(H,36,43)/t34-/m1/s1. The molecule has 4 aromatic carbocycles. The number of fused-ring (bicyclic) bond motifs is 1. The molecular weight excluding hydrogens is 536 g/mol. The number of hydrogen-bond acceptors (Lipinski definition) is 5. The van der Waals surface area contributed by atoms with Crippen LogP contribution < -0.4 is 10.2 Å². The topological polar surface area (TPSA) is 83.4 Å². The van der Waals surface area contributed by atoms with Gasteiger partial charge in [0.25, 0.3) is 5.91 Å². The number of amides is 2. The van der Waals surface area contributed by atoms with Crippen LogP contribution in [0.3, 0.4) is 0 Å². The third-order valence-corrected chi connectivity index (χ3v) is 7.76. The Morgan fingerprint density at radius 3 is 2.16 bits per heavy atom. The Morgan fingerprint density at radius 2 is 1.49 bits per heavy atom. The molecule has 0 saturated carbocycles. The lowest BCUT2D eigenvalue weighted by atomic mass is 9.97. The summed E-state index contributed by atoms with van der Waals surface area (Å²) >= 11 is 0. The summed E-state index contributed by atoms with van der Waals surface area (Å²) in [5.74, 6) is -0.197. The number of benzene rings is 4. The molecule has 8 nitrogen and oxygen atoms in total. The van der Waals surface area contributed by atoms with Gasteiger partial charge < -0.3 is 15.1 Å². The van der Waals surface area contributed by atoms with Gasteiger partial charge in [0.05, 0.1) is 5.52 Å². The van der Waals surface area contributed by atoms with Gasteiger partial charge >= 0.3 is 0 Å². The molecule has 1 heterocycles. The summed E-state index contributed by atoms with van der Waals surface area (Å²) in [6, 6.07) is 30.2. The monoisotopic (exact) mass is 574 g/mol. The van der Waals surface area contributed by atoms with Crippen molar-refractivity contribution in [1.29, 1.82) is 0 Å². The van der Waals surface area contributed by atoms with Crippen LogP contribution in [-0.2, 0) is 22.7 Å². The summed E-state index contributed by atoms with van der Waals surface area (Å²) in [5, 5.41) is 11.6. The molecule has 5 aromatic rings. The van der Waals surface area contributed by atoms with Crippen molar-refractivity contribution < 1.29 is 9.59 Å². The van der Waals surface area contributed by atoms with Crippen molar-refractivity contribution in [1.82, 2.24) is 19.9 Å². The second-order valence-electron chi connectivity index (χ2n) is 11.3. The zero-order chi connectivity index (χ0) is 30.5. The van der Waals surface area contributed by atoms with Crippen LogP contribution in [0, 0.1) is 6.92 Å². The van der Waals surface area contributed by atoms with E-state index >= 15 is 0 Å². The third-order valence-electron chi connectivity index (χ3n) is 7.76. The first-order valence-corrected chi connectivity index (χ1v) is 14.5. The quantitative estimate of drug-likeness (QED) is 0.211. The van der Waals surface area contributed by atoms with Crippen LogP contribution in [0.2, 0.25) is 0 Å². The third kappa shape index (κ3) is 6.75. The molecule has 1 aromatic heterocycles. The number of para-hydroxylation sites is 1.